The summed E-state index contributed by atoms with van der Waals surface area (Å²) in [6.45, 7) is 3.44. The van der Waals surface area contributed by atoms with E-state index in [1.165, 1.54) is 6.20 Å². The van der Waals surface area contributed by atoms with E-state index in [1.54, 1.807) is 6.20 Å². The van der Waals surface area contributed by atoms with Crippen molar-refractivity contribution in [3.05, 3.63) is 59.4 Å². The molecule has 1 aromatic heterocycles. The summed E-state index contributed by atoms with van der Waals surface area (Å²) in [6, 6.07) is 9.52. The second-order valence-corrected chi connectivity index (χ2v) is 6.31. The molecule has 1 saturated heterocycles. The molecule has 25 heavy (non-hydrogen) atoms. The molecule has 0 spiro atoms. The van der Waals surface area contributed by atoms with E-state index in [0.717, 1.165) is 42.7 Å². The molecule has 130 valence electrons. The van der Waals surface area contributed by atoms with Gasteiger partial charge in [0.1, 0.15) is 0 Å². The number of hydrogen-bond donors (Lipinski definition) is 2. The minimum absolute atomic E-state index is 0.0294. The fourth-order valence-corrected chi connectivity index (χ4v) is 3.21. The molecule has 0 unspecified atom stereocenters. The molecule has 0 saturated carbocycles. The predicted octanol–water partition coefficient (Wildman–Crippen LogP) is 1.89. The lowest BCUT2D eigenvalue weighted by atomic mass is 10.0. The van der Waals surface area contributed by atoms with E-state index in [9.17, 15) is 9.59 Å². The van der Waals surface area contributed by atoms with Crippen molar-refractivity contribution in [3.8, 4) is 0 Å². The summed E-state index contributed by atoms with van der Waals surface area (Å²) in [5.74, 6) is -0.503. The number of pyridine rings is 1. The second-order valence-electron chi connectivity index (χ2n) is 6.31. The largest absolute Gasteiger partial charge is 0.371 e. The molecular formula is C19H22N4O2. The van der Waals surface area contributed by atoms with Gasteiger partial charge in [0.05, 0.1) is 11.3 Å². The van der Waals surface area contributed by atoms with Gasteiger partial charge in [-0.15, -0.1) is 0 Å². The third-order valence-electron chi connectivity index (χ3n) is 4.62. The number of hydrogen-bond acceptors (Lipinski definition) is 4. The lowest BCUT2D eigenvalue weighted by molar-refractivity contribution is 0.0930. The summed E-state index contributed by atoms with van der Waals surface area (Å²) < 4.78 is 0. The zero-order valence-electron chi connectivity index (χ0n) is 14.2. The topological polar surface area (TPSA) is 88.3 Å². The van der Waals surface area contributed by atoms with Crippen LogP contribution in [0.4, 0.5) is 5.69 Å². The molecule has 2 amide bonds. The Balaban J connectivity index is 1.62. The quantitative estimate of drug-likeness (QED) is 0.891. The molecule has 0 bridgehead atoms. The summed E-state index contributed by atoms with van der Waals surface area (Å²) in [5.41, 5.74) is 8.37. The number of nitrogens with one attached hydrogen (secondary N) is 1. The van der Waals surface area contributed by atoms with Crippen LogP contribution in [0.2, 0.25) is 0 Å². The summed E-state index contributed by atoms with van der Waals surface area (Å²) in [6.07, 6.45) is 4.80. The Hall–Kier alpha value is -2.89. The van der Waals surface area contributed by atoms with Crippen LogP contribution in [0.5, 0.6) is 0 Å². The van der Waals surface area contributed by atoms with Crippen LogP contribution < -0.4 is 16.0 Å². The summed E-state index contributed by atoms with van der Waals surface area (Å²) >= 11 is 0. The van der Waals surface area contributed by atoms with E-state index >= 15 is 0 Å². The highest BCUT2D eigenvalue weighted by Crippen LogP contribution is 2.23. The molecule has 0 radical (unpaired) electrons. The van der Waals surface area contributed by atoms with Gasteiger partial charge in [-0.2, -0.15) is 0 Å². The Morgan fingerprint density at radius 2 is 1.88 bits per heavy atom. The summed E-state index contributed by atoms with van der Waals surface area (Å²) in [7, 11) is 0. The Bertz CT molecular complexity index is 782. The van der Waals surface area contributed by atoms with Gasteiger partial charge < -0.3 is 16.0 Å². The van der Waals surface area contributed by atoms with Crippen LogP contribution in [0, 0.1) is 6.92 Å². The first kappa shape index (κ1) is 17.0. The first-order valence-electron chi connectivity index (χ1n) is 8.41. The third kappa shape index (κ3) is 3.79. The maximum atomic E-state index is 12.4. The number of amides is 2. The zero-order chi connectivity index (χ0) is 17.8. The van der Waals surface area contributed by atoms with Gasteiger partial charge in [-0.1, -0.05) is 18.2 Å². The molecule has 3 rings (SSSR count). The number of anilines is 1. The van der Waals surface area contributed by atoms with Crippen LogP contribution in [0.3, 0.4) is 0 Å². The first-order valence-corrected chi connectivity index (χ1v) is 8.41. The van der Waals surface area contributed by atoms with Gasteiger partial charge in [0.15, 0.2) is 0 Å². The van der Waals surface area contributed by atoms with Crippen LogP contribution in [0.1, 0.15) is 39.1 Å². The van der Waals surface area contributed by atoms with E-state index in [2.05, 4.69) is 15.2 Å². The molecular weight excluding hydrogens is 316 g/mol. The number of aromatic nitrogens is 1. The molecule has 0 atom stereocenters. The smallest absolute Gasteiger partial charge is 0.252 e. The van der Waals surface area contributed by atoms with Gasteiger partial charge in [-0.3, -0.25) is 14.6 Å². The zero-order valence-corrected chi connectivity index (χ0v) is 14.2. The highest BCUT2D eigenvalue weighted by Gasteiger charge is 2.24. The number of nitrogens with zero attached hydrogens (tertiary/aromatic N) is 2. The highest BCUT2D eigenvalue weighted by atomic mass is 16.2. The lowest BCUT2D eigenvalue weighted by Crippen LogP contribution is -2.45. The fourth-order valence-electron chi connectivity index (χ4n) is 3.21. The van der Waals surface area contributed by atoms with E-state index < -0.39 is 5.91 Å². The van der Waals surface area contributed by atoms with Gasteiger partial charge in [0.2, 0.25) is 0 Å². The molecule has 3 N–H and O–H groups in total. The molecule has 1 aliphatic rings. The van der Waals surface area contributed by atoms with Crippen LogP contribution in [-0.4, -0.2) is 35.9 Å². The fraction of sp³-hybridized carbons (Fsp3) is 0.316. The van der Waals surface area contributed by atoms with Crippen LogP contribution in [0.25, 0.3) is 0 Å². The molecule has 1 fully saturated rings. The average molecular weight is 338 g/mol. The van der Waals surface area contributed by atoms with Gasteiger partial charge in [0.25, 0.3) is 11.8 Å². The standard InChI is InChI=1S/C19H22N4O2/c1-13-4-2-3-5-15(13)19(25)22-14-7-10-23(11-8-14)17-6-9-21-12-16(17)18(20)24/h2-6,9,12,14H,7-8,10-11H2,1H3,(H2,20,24)(H,22,25). The number of primary amides is 1. The van der Waals surface area contributed by atoms with Gasteiger partial charge in [-0.25, -0.2) is 0 Å². The SMILES string of the molecule is Cc1ccccc1C(=O)NC1CCN(c2ccncc2C(N)=O)CC1. The van der Waals surface area contributed by atoms with Crippen molar-refractivity contribution in [1.82, 2.24) is 10.3 Å². The Labute approximate surface area is 147 Å². The number of piperidine rings is 1. The maximum Gasteiger partial charge on any atom is 0.252 e. The van der Waals surface area contributed by atoms with E-state index in [0.29, 0.717) is 5.56 Å². The van der Waals surface area contributed by atoms with Gasteiger partial charge in [-0.05, 0) is 37.5 Å². The molecule has 0 aliphatic carbocycles. The third-order valence-corrected chi connectivity index (χ3v) is 4.62. The van der Waals surface area contributed by atoms with Crippen molar-refractivity contribution in [2.24, 2.45) is 5.73 Å². The van der Waals surface area contributed by atoms with Crippen LogP contribution in [-0.2, 0) is 0 Å². The average Bonchev–Trinajstić information content (AvgIpc) is 2.62. The van der Waals surface area contributed by atoms with Crippen LogP contribution >= 0.6 is 0 Å². The summed E-state index contributed by atoms with van der Waals surface area (Å²) in [4.78, 5) is 30.1. The van der Waals surface area contributed by atoms with Gasteiger partial charge in [0, 0.05) is 37.1 Å². The predicted molar refractivity (Wildman–Crippen MR) is 96.6 cm³/mol. The number of carbonyl (C=O) groups excluding carboxylic acids is 2. The number of benzene rings is 1. The number of carbonyl (C=O) groups is 2. The number of rotatable bonds is 4. The van der Waals surface area contributed by atoms with Gasteiger partial charge >= 0.3 is 0 Å². The van der Waals surface area contributed by atoms with Crippen molar-refractivity contribution in [3.63, 3.8) is 0 Å². The minimum Gasteiger partial charge on any atom is -0.371 e. The number of nitrogens with two attached hydrogens (primary N) is 1. The normalized spacial score (nSPS) is 15.0. The monoisotopic (exact) mass is 338 g/mol. The summed E-state index contributed by atoms with van der Waals surface area (Å²) in [5, 5.41) is 3.12. The highest BCUT2D eigenvalue weighted by molar-refractivity contribution is 5.98. The van der Waals surface area contributed by atoms with Crippen molar-refractivity contribution >= 4 is 17.5 Å². The molecule has 2 aromatic rings. The van der Waals surface area contributed by atoms with E-state index in [-0.39, 0.29) is 11.9 Å². The van der Waals surface area contributed by atoms with Crippen molar-refractivity contribution < 1.29 is 9.59 Å². The minimum atomic E-state index is -0.474. The van der Waals surface area contributed by atoms with E-state index in [4.69, 9.17) is 5.73 Å². The Kier molecular flexibility index (Phi) is 4.97. The second kappa shape index (κ2) is 7.34. The molecule has 2 heterocycles. The molecule has 6 heteroatoms. The number of aryl methyl sites for hydroxylation is 1. The Morgan fingerprint density at radius 1 is 1.16 bits per heavy atom. The van der Waals surface area contributed by atoms with Crippen molar-refractivity contribution in [1.29, 1.82) is 0 Å². The lowest BCUT2D eigenvalue weighted by Gasteiger charge is -2.34. The van der Waals surface area contributed by atoms with Crippen molar-refractivity contribution in [2.45, 2.75) is 25.8 Å². The van der Waals surface area contributed by atoms with Crippen LogP contribution in [0.15, 0.2) is 42.7 Å². The van der Waals surface area contributed by atoms with Crippen molar-refractivity contribution in [2.75, 3.05) is 18.0 Å². The molecule has 1 aliphatic heterocycles. The Morgan fingerprint density at radius 3 is 2.56 bits per heavy atom. The maximum absolute atomic E-state index is 12.4. The molecule has 6 nitrogen and oxygen atoms in total. The first-order chi connectivity index (χ1) is 12.1. The van der Waals surface area contributed by atoms with E-state index in [1.807, 2.05) is 37.3 Å². The molecule has 1 aromatic carbocycles.